The van der Waals surface area contributed by atoms with Crippen LogP contribution in [-0.2, 0) is 17.6 Å². The maximum atomic E-state index is 11.7. The Labute approximate surface area is 219 Å². The quantitative estimate of drug-likeness (QED) is 0.500. The fraction of sp³-hybridized carbons (Fsp3) is 0.385. The summed E-state index contributed by atoms with van der Waals surface area (Å²) in [5.74, 6) is 7.21. The fourth-order valence-electron chi connectivity index (χ4n) is 4.41. The molecule has 2 aromatic heterocycles. The van der Waals surface area contributed by atoms with Crippen LogP contribution in [0.15, 0.2) is 24.4 Å². The Bertz CT molecular complexity index is 1370. The number of fused-ring (bicyclic) bond motifs is 3. The van der Waals surface area contributed by atoms with Crippen molar-refractivity contribution in [2.45, 2.75) is 31.3 Å². The molecule has 1 saturated heterocycles. The number of nitrogens with zero attached hydrogens (tertiary/aromatic N) is 4. The molecule has 186 valence electrons. The molecule has 8 nitrogen and oxygen atoms in total. The number of ether oxygens (including phenoxy) is 1. The van der Waals surface area contributed by atoms with Gasteiger partial charge in [0.05, 0.1) is 21.3 Å². The van der Waals surface area contributed by atoms with E-state index < -0.39 is 5.60 Å². The Morgan fingerprint density at radius 1 is 1.25 bits per heavy atom. The first-order chi connectivity index (χ1) is 17.4. The molecule has 3 heterocycles. The van der Waals surface area contributed by atoms with Crippen LogP contribution in [0.2, 0.25) is 5.02 Å². The van der Waals surface area contributed by atoms with Gasteiger partial charge in [-0.15, -0.1) is 0 Å². The van der Waals surface area contributed by atoms with Crippen molar-refractivity contribution in [2.75, 3.05) is 39.6 Å². The van der Waals surface area contributed by atoms with E-state index in [1.54, 1.807) is 14.2 Å². The Morgan fingerprint density at radius 2 is 2.06 bits per heavy atom. The van der Waals surface area contributed by atoms with Gasteiger partial charge in [0.2, 0.25) is 0 Å². The number of rotatable bonds is 3. The summed E-state index contributed by atoms with van der Waals surface area (Å²) in [6.45, 7) is 1.91. The van der Waals surface area contributed by atoms with E-state index in [0.29, 0.717) is 16.0 Å². The molecule has 2 amide bonds. The molecule has 1 aliphatic heterocycles. The maximum absolute atomic E-state index is 11.7. The molecule has 5 rings (SSSR count). The fourth-order valence-corrected chi connectivity index (χ4v) is 5.64. The Kier molecular flexibility index (Phi) is 6.95. The van der Waals surface area contributed by atoms with Crippen LogP contribution in [0, 0.1) is 11.8 Å². The summed E-state index contributed by atoms with van der Waals surface area (Å²) in [5, 5.41) is 6.41. The Hall–Kier alpha value is -3.03. The Morgan fingerprint density at radius 3 is 2.81 bits per heavy atom. The van der Waals surface area contributed by atoms with Gasteiger partial charge < -0.3 is 15.0 Å². The highest BCUT2D eigenvalue weighted by atomic mass is 35.5. The lowest BCUT2D eigenvalue weighted by molar-refractivity contribution is -0.00714. The summed E-state index contributed by atoms with van der Waals surface area (Å²) in [6, 6.07) is 5.38. The number of aromatic nitrogens is 3. The first kappa shape index (κ1) is 24.7. The molecule has 0 radical (unpaired) electrons. The number of hydrogen-bond acceptors (Lipinski definition) is 7. The average Bonchev–Trinajstić information content (AvgIpc) is 3.32. The van der Waals surface area contributed by atoms with Crippen molar-refractivity contribution in [2.24, 2.45) is 0 Å². The third-order valence-electron chi connectivity index (χ3n) is 6.68. The smallest absolute Gasteiger partial charge is 0.320 e. The van der Waals surface area contributed by atoms with E-state index in [1.165, 1.54) is 11.3 Å². The summed E-state index contributed by atoms with van der Waals surface area (Å²) < 4.78 is 5.83. The number of likely N-dealkylation sites (tertiary alicyclic amines) is 1. The molecule has 10 heteroatoms. The topological polar surface area (TPSA) is 92.3 Å². The van der Waals surface area contributed by atoms with Crippen molar-refractivity contribution in [1.82, 2.24) is 25.2 Å². The number of methoxy groups -OCH3 is 1. The maximum Gasteiger partial charge on any atom is 0.320 e. The van der Waals surface area contributed by atoms with Gasteiger partial charge in [0.1, 0.15) is 5.60 Å². The number of nitrogens with one attached hydrogen (secondary N) is 2. The summed E-state index contributed by atoms with van der Waals surface area (Å²) in [5.41, 5.74) is 3.94. The molecule has 1 aromatic carbocycles. The van der Waals surface area contributed by atoms with E-state index in [1.807, 2.05) is 24.4 Å². The van der Waals surface area contributed by atoms with E-state index in [0.717, 1.165) is 71.7 Å². The summed E-state index contributed by atoms with van der Waals surface area (Å²) in [7, 11) is 5.42. The van der Waals surface area contributed by atoms with Crippen LogP contribution in [0.4, 0.5) is 9.93 Å². The minimum absolute atomic E-state index is 0.301. The van der Waals surface area contributed by atoms with Crippen LogP contribution in [0.5, 0.6) is 0 Å². The number of carbonyl (C=O) groups is 1. The second-order valence-electron chi connectivity index (χ2n) is 9.01. The molecule has 36 heavy (non-hydrogen) atoms. The highest BCUT2D eigenvalue weighted by Gasteiger charge is 2.31. The van der Waals surface area contributed by atoms with Crippen molar-refractivity contribution >= 4 is 34.1 Å². The summed E-state index contributed by atoms with van der Waals surface area (Å²) in [6.07, 6.45) is 5.17. The highest BCUT2D eigenvalue weighted by Crippen LogP contribution is 2.39. The van der Waals surface area contributed by atoms with Crippen LogP contribution in [-0.4, -0.2) is 65.8 Å². The molecule has 2 N–H and O–H groups in total. The van der Waals surface area contributed by atoms with Gasteiger partial charge in [-0.05, 0) is 43.7 Å². The number of aryl methyl sites for hydroxylation is 2. The van der Waals surface area contributed by atoms with Gasteiger partial charge in [0.15, 0.2) is 11.0 Å². The number of hydrogen-bond donors (Lipinski definition) is 2. The van der Waals surface area contributed by atoms with Crippen LogP contribution in [0.1, 0.15) is 29.7 Å². The molecule has 0 atom stereocenters. The number of benzene rings is 1. The second-order valence-corrected chi connectivity index (χ2v) is 10.4. The van der Waals surface area contributed by atoms with Gasteiger partial charge >= 0.3 is 6.03 Å². The monoisotopic (exact) mass is 522 g/mol. The van der Waals surface area contributed by atoms with Crippen LogP contribution in [0.25, 0.3) is 22.0 Å². The first-order valence-corrected chi connectivity index (χ1v) is 13.0. The van der Waals surface area contributed by atoms with Crippen molar-refractivity contribution in [1.29, 1.82) is 0 Å². The lowest BCUT2D eigenvalue weighted by Gasteiger charge is -2.35. The largest absolute Gasteiger partial charge is 0.365 e. The predicted molar refractivity (Wildman–Crippen MR) is 142 cm³/mol. The molecule has 3 aromatic rings. The summed E-state index contributed by atoms with van der Waals surface area (Å²) >= 11 is 8.00. The minimum Gasteiger partial charge on any atom is -0.365 e. The number of anilines is 1. The van der Waals surface area contributed by atoms with E-state index in [4.69, 9.17) is 21.3 Å². The molecular weight excluding hydrogens is 496 g/mol. The molecule has 1 fully saturated rings. The van der Waals surface area contributed by atoms with Crippen molar-refractivity contribution in [3.05, 3.63) is 46.2 Å². The number of thiazole rings is 1. The van der Waals surface area contributed by atoms with Crippen LogP contribution >= 0.6 is 22.9 Å². The minimum atomic E-state index is -0.433. The highest BCUT2D eigenvalue weighted by molar-refractivity contribution is 7.19. The van der Waals surface area contributed by atoms with Crippen molar-refractivity contribution < 1.29 is 9.53 Å². The molecule has 0 unspecified atom stereocenters. The predicted octanol–water partition coefficient (Wildman–Crippen LogP) is 4.23. The first-order valence-electron chi connectivity index (χ1n) is 11.8. The van der Waals surface area contributed by atoms with E-state index in [2.05, 4.69) is 44.4 Å². The van der Waals surface area contributed by atoms with Crippen LogP contribution in [0.3, 0.4) is 0 Å². The van der Waals surface area contributed by atoms with E-state index in [9.17, 15) is 4.79 Å². The number of piperidine rings is 1. The second kappa shape index (κ2) is 10.1. The molecule has 1 aliphatic carbocycles. The molecule has 0 saturated carbocycles. The van der Waals surface area contributed by atoms with Crippen LogP contribution < -0.4 is 10.6 Å². The normalized spacial score (nSPS) is 16.3. The standard InChI is InChI=1S/C26H27ClN6O2S/c1-28-24(34)32-25-30-20-7-5-17-15-29-23(31-21(17)22(20)36-25)18-14-16(4-6-19(18)27)8-9-26(35-3)10-12-33(2)13-11-26/h4,6,14-15H,5,7,10-13H2,1-3H3,(H2,28,30,32,34). The van der Waals surface area contributed by atoms with Gasteiger partial charge in [0.25, 0.3) is 0 Å². The van der Waals surface area contributed by atoms with Gasteiger partial charge in [-0.1, -0.05) is 34.8 Å². The number of halogens is 1. The van der Waals surface area contributed by atoms with Gasteiger partial charge in [-0.2, -0.15) is 0 Å². The number of urea groups is 1. The zero-order valence-corrected chi connectivity index (χ0v) is 22.0. The molecule has 0 spiro atoms. The van der Waals surface area contributed by atoms with E-state index >= 15 is 0 Å². The number of carbonyl (C=O) groups excluding carboxylic acids is 1. The lowest BCUT2D eigenvalue weighted by Crippen LogP contribution is -2.43. The Balaban J connectivity index is 1.47. The molecular formula is C26H27ClN6O2S. The third-order valence-corrected chi connectivity index (χ3v) is 8.03. The zero-order valence-electron chi connectivity index (χ0n) is 20.4. The third kappa shape index (κ3) is 4.95. The number of amides is 2. The van der Waals surface area contributed by atoms with E-state index in [-0.39, 0.29) is 6.03 Å². The lowest BCUT2D eigenvalue weighted by atomic mass is 9.91. The van der Waals surface area contributed by atoms with Crippen molar-refractivity contribution in [3.63, 3.8) is 0 Å². The zero-order chi connectivity index (χ0) is 25.3. The average molecular weight is 523 g/mol. The SMILES string of the molecule is CNC(=O)Nc1nc2c(s1)-c1nc(-c3cc(C#CC4(OC)CCN(C)CC4)ccc3Cl)ncc1CC2. The van der Waals surface area contributed by atoms with Gasteiger partial charge in [-0.3, -0.25) is 5.32 Å². The van der Waals surface area contributed by atoms with Crippen molar-refractivity contribution in [3.8, 4) is 33.8 Å². The van der Waals surface area contributed by atoms with Gasteiger partial charge in [0, 0.05) is 57.4 Å². The van der Waals surface area contributed by atoms with Gasteiger partial charge in [-0.25, -0.2) is 19.7 Å². The molecule has 2 aliphatic rings. The molecule has 0 bridgehead atoms. The summed E-state index contributed by atoms with van der Waals surface area (Å²) in [4.78, 5) is 29.1.